The van der Waals surface area contributed by atoms with Gasteiger partial charge < -0.3 is 10.2 Å². The van der Waals surface area contributed by atoms with Gasteiger partial charge in [-0.3, -0.25) is 4.68 Å². The first-order valence-electron chi connectivity index (χ1n) is 7.26. The monoisotopic (exact) mass is 248 g/mol. The Bertz CT molecular complexity index is 406. The molecule has 18 heavy (non-hydrogen) atoms. The lowest BCUT2D eigenvalue weighted by Gasteiger charge is -2.46. The van der Waals surface area contributed by atoms with E-state index in [9.17, 15) is 0 Å². The fourth-order valence-corrected chi connectivity index (χ4v) is 3.42. The Hall–Kier alpha value is -1.03. The molecule has 0 radical (unpaired) electrons. The number of aromatic nitrogens is 2. The van der Waals surface area contributed by atoms with Crippen molar-refractivity contribution in [3.05, 3.63) is 12.4 Å². The normalized spacial score (nSPS) is 27.0. The first-order valence-corrected chi connectivity index (χ1v) is 7.26. The number of anilines is 1. The third-order valence-electron chi connectivity index (χ3n) is 4.61. The van der Waals surface area contributed by atoms with Crippen LogP contribution in [0, 0.1) is 0 Å². The minimum atomic E-state index is 0.376. The highest BCUT2D eigenvalue weighted by atomic mass is 15.3. The van der Waals surface area contributed by atoms with Gasteiger partial charge in [0, 0.05) is 37.4 Å². The molecular formula is C14H24N4. The van der Waals surface area contributed by atoms with Crippen molar-refractivity contribution in [3.63, 3.8) is 0 Å². The summed E-state index contributed by atoms with van der Waals surface area (Å²) in [5.41, 5.74) is 1.66. The van der Waals surface area contributed by atoms with Gasteiger partial charge in [0.2, 0.25) is 0 Å². The van der Waals surface area contributed by atoms with Gasteiger partial charge in [0.05, 0.1) is 11.9 Å². The molecule has 0 bridgehead atoms. The highest BCUT2D eigenvalue weighted by Crippen LogP contribution is 2.34. The van der Waals surface area contributed by atoms with Crippen LogP contribution in [0.2, 0.25) is 0 Å². The van der Waals surface area contributed by atoms with Gasteiger partial charge in [-0.25, -0.2) is 0 Å². The van der Waals surface area contributed by atoms with Crippen molar-refractivity contribution in [3.8, 4) is 0 Å². The average molecular weight is 248 g/mol. The summed E-state index contributed by atoms with van der Waals surface area (Å²) in [4.78, 5) is 2.54. The Morgan fingerprint density at radius 3 is 2.89 bits per heavy atom. The largest absolute Gasteiger partial charge is 0.363 e. The molecule has 4 nitrogen and oxygen atoms in total. The standard InChI is InChI=1S/C14H24N4/c1-3-17-10-13(9-16-17)18-11-14(6-4-5-7-14)15-8-12(18)2/h9-10,12,15H,3-8,11H2,1-2H3. The Kier molecular flexibility index (Phi) is 3.06. The molecule has 0 aromatic carbocycles. The zero-order chi connectivity index (χ0) is 12.6. The first-order chi connectivity index (χ1) is 8.72. The molecule has 2 heterocycles. The Labute approximate surface area is 109 Å². The summed E-state index contributed by atoms with van der Waals surface area (Å²) in [6, 6.07) is 0.561. The summed E-state index contributed by atoms with van der Waals surface area (Å²) in [5.74, 6) is 0. The Balaban J connectivity index is 1.80. The summed E-state index contributed by atoms with van der Waals surface area (Å²) >= 11 is 0. The molecule has 1 aliphatic carbocycles. The van der Waals surface area contributed by atoms with E-state index in [1.54, 1.807) is 0 Å². The lowest BCUT2D eigenvalue weighted by molar-refractivity contribution is 0.276. The quantitative estimate of drug-likeness (QED) is 0.869. The predicted octanol–water partition coefficient (Wildman–Crippen LogP) is 2.01. The number of nitrogens with zero attached hydrogens (tertiary/aromatic N) is 3. The molecule has 1 unspecified atom stereocenters. The molecule has 3 rings (SSSR count). The predicted molar refractivity (Wildman–Crippen MR) is 73.9 cm³/mol. The van der Waals surface area contributed by atoms with E-state index in [1.807, 2.05) is 10.9 Å². The van der Waals surface area contributed by atoms with E-state index in [2.05, 4.69) is 35.4 Å². The van der Waals surface area contributed by atoms with Crippen LogP contribution in [0.3, 0.4) is 0 Å². The van der Waals surface area contributed by atoms with Gasteiger partial charge >= 0.3 is 0 Å². The fourth-order valence-electron chi connectivity index (χ4n) is 3.42. The molecule has 1 aromatic heterocycles. The average Bonchev–Trinajstić information content (AvgIpc) is 3.02. The maximum atomic E-state index is 4.41. The van der Waals surface area contributed by atoms with Crippen LogP contribution in [0.5, 0.6) is 0 Å². The maximum Gasteiger partial charge on any atom is 0.0755 e. The summed E-state index contributed by atoms with van der Waals surface area (Å²) < 4.78 is 2.02. The number of aryl methyl sites for hydroxylation is 1. The lowest BCUT2D eigenvalue weighted by Crippen LogP contribution is -2.62. The molecule has 1 aromatic rings. The number of hydrogen-bond donors (Lipinski definition) is 1. The molecule has 2 fully saturated rings. The number of rotatable bonds is 2. The van der Waals surface area contributed by atoms with Crippen LogP contribution in [-0.4, -0.2) is 34.5 Å². The van der Waals surface area contributed by atoms with Crippen molar-refractivity contribution < 1.29 is 0 Å². The van der Waals surface area contributed by atoms with E-state index >= 15 is 0 Å². The SMILES string of the molecule is CCn1cc(N2CC3(CCCC3)NCC2C)cn1. The number of piperazine rings is 1. The van der Waals surface area contributed by atoms with E-state index in [0.29, 0.717) is 11.6 Å². The minimum Gasteiger partial charge on any atom is -0.363 e. The van der Waals surface area contributed by atoms with Gasteiger partial charge in [-0.15, -0.1) is 0 Å². The van der Waals surface area contributed by atoms with Crippen molar-refractivity contribution in [1.82, 2.24) is 15.1 Å². The van der Waals surface area contributed by atoms with Crippen LogP contribution >= 0.6 is 0 Å². The van der Waals surface area contributed by atoms with Crippen LogP contribution in [0.1, 0.15) is 39.5 Å². The van der Waals surface area contributed by atoms with Crippen molar-refractivity contribution >= 4 is 5.69 Å². The van der Waals surface area contributed by atoms with Crippen molar-refractivity contribution in [2.24, 2.45) is 0 Å². The second kappa shape index (κ2) is 4.57. The van der Waals surface area contributed by atoms with Gasteiger partial charge in [-0.2, -0.15) is 5.10 Å². The minimum absolute atomic E-state index is 0.376. The Morgan fingerprint density at radius 2 is 2.22 bits per heavy atom. The summed E-state index contributed by atoms with van der Waals surface area (Å²) in [5, 5.41) is 8.21. The molecule has 1 N–H and O–H groups in total. The van der Waals surface area contributed by atoms with E-state index in [0.717, 1.165) is 19.6 Å². The van der Waals surface area contributed by atoms with E-state index in [-0.39, 0.29) is 0 Å². The molecule has 1 atom stereocenters. The topological polar surface area (TPSA) is 33.1 Å². The lowest BCUT2D eigenvalue weighted by atomic mass is 9.92. The molecule has 1 saturated carbocycles. The van der Waals surface area contributed by atoms with Crippen LogP contribution in [-0.2, 0) is 6.54 Å². The second-order valence-electron chi connectivity index (χ2n) is 5.90. The van der Waals surface area contributed by atoms with E-state index < -0.39 is 0 Å². The summed E-state index contributed by atoms with van der Waals surface area (Å²) in [6.45, 7) is 7.63. The molecule has 1 spiro atoms. The second-order valence-corrected chi connectivity index (χ2v) is 5.90. The van der Waals surface area contributed by atoms with Gasteiger partial charge in [0.15, 0.2) is 0 Å². The van der Waals surface area contributed by atoms with Gasteiger partial charge in [-0.1, -0.05) is 12.8 Å². The molecule has 2 aliphatic rings. The molecular weight excluding hydrogens is 224 g/mol. The maximum absolute atomic E-state index is 4.41. The van der Waals surface area contributed by atoms with Crippen LogP contribution in [0.25, 0.3) is 0 Å². The van der Waals surface area contributed by atoms with Gasteiger partial charge in [0.25, 0.3) is 0 Å². The van der Waals surface area contributed by atoms with E-state index in [1.165, 1.54) is 31.4 Å². The van der Waals surface area contributed by atoms with Crippen molar-refractivity contribution in [2.45, 2.75) is 57.7 Å². The fraction of sp³-hybridized carbons (Fsp3) is 0.786. The first kappa shape index (κ1) is 12.0. The zero-order valence-corrected chi connectivity index (χ0v) is 11.5. The molecule has 4 heteroatoms. The summed E-state index contributed by atoms with van der Waals surface area (Å²) in [7, 11) is 0. The summed E-state index contributed by atoms with van der Waals surface area (Å²) in [6.07, 6.45) is 9.63. The zero-order valence-electron chi connectivity index (χ0n) is 11.5. The molecule has 1 aliphatic heterocycles. The van der Waals surface area contributed by atoms with Crippen LogP contribution < -0.4 is 10.2 Å². The van der Waals surface area contributed by atoms with Gasteiger partial charge in [0.1, 0.15) is 0 Å². The third kappa shape index (κ3) is 2.03. The smallest absolute Gasteiger partial charge is 0.0755 e. The molecule has 1 saturated heterocycles. The van der Waals surface area contributed by atoms with Crippen LogP contribution in [0.15, 0.2) is 12.4 Å². The van der Waals surface area contributed by atoms with E-state index in [4.69, 9.17) is 0 Å². The molecule has 100 valence electrons. The van der Waals surface area contributed by atoms with Crippen molar-refractivity contribution in [2.75, 3.05) is 18.0 Å². The Morgan fingerprint density at radius 1 is 1.44 bits per heavy atom. The van der Waals surface area contributed by atoms with Crippen molar-refractivity contribution in [1.29, 1.82) is 0 Å². The highest BCUT2D eigenvalue weighted by Gasteiger charge is 2.40. The number of hydrogen-bond acceptors (Lipinski definition) is 3. The third-order valence-corrected chi connectivity index (χ3v) is 4.61. The number of nitrogens with one attached hydrogen (secondary N) is 1. The van der Waals surface area contributed by atoms with Crippen LogP contribution in [0.4, 0.5) is 5.69 Å². The van der Waals surface area contributed by atoms with Gasteiger partial charge in [-0.05, 0) is 26.7 Å². The molecule has 0 amide bonds. The highest BCUT2D eigenvalue weighted by molar-refractivity contribution is 5.45.